The van der Waals surface area contributed by atoms with E-state index < -0.39 is 5.97 Å². The van der Waals surface area contributed by atoms with Crippen LogP contribution in [0.4, 0.5) is 0 Å². The lowest BCUT2D eigenvalue weighted by molar-refractivity contribution is 0.0693. The summed E-state index contributed by atoms with van der Waals surface area (Å²) in [6.07, 6.45) is 0. The molecule has 0 amide bonds. The number of carboxylic acids is 1. The third-order valence-electron chi connectivity index (χ3n) is 2.11. The summed E-state index contributed by atoms with van der Waals surface area (Å²) < 4.78 is 0.0954. The van der Waals surface area contributed by atoms with Crippen LogP contribution in [0.2, 0.25) is 0 Å². The quantitative estimate of drug-likeness (QED) is 0.763. The fourth-order valence-corrected chi connectivity index (χ4v) is 2.84. The first-order chi connectivity index (χ1) is 7.77. The molecular weight excluding hydrogens is 358 g/mol. The summed E-state index contributed by atoms with van der Waals surface area (Å²) in [4.78, 5) is 12.7. The number of nitrogens with zero attached hydrogens (tertiary/aromatic N) is 1. The smallest absolute Gasteiger partial charge is 0.338 e. The number of aromatic hydroxyl groups is 2. The maximum atomic E-state index is 11.0. The molecule has 0 fully saturated rings. The van der Waals surface area contributed by atoms with Crippen LogP contribution in [0.25, 0.3) is 0 Å². The number of hydrogen-bond donors (Lipinski definition) is 3. The van der Waals surface area contributed by atoms with Crippen molar-refractivity contribution in [1.29, 1.82) is 0 Å². The van der Waals surface area contributed by atoms with Crippen molar-refractivity contribution in [1.82, 2.24) is 4.90 Å². The zero-order valence-electron chi connectivity index (χ0n) is 9.16. The summed E-state index contributed by atoms with van der Waals surface area (Å²) in [5.41, 5.74) is 0.0567. The fraction of sp³-hybridized carbons (Fsp3) is 0.300. The first kappa shape index (κ1) is 14.3. The summed E-state index contributed by atoms with van der Waals surface area (Å²) in [5, 5.41) is 28.7. The maximum absolute atomic E-state index is 11.0. The fourth-order valence-electron chi connectivity index (χ4n) is 1.36. The van der Waals surface area contributed by atoms with E-state index in [9.17, 15) is 15.0 Å². The molecule has 0 aliphatic heterocycles. The van der Waals surface area contributed by atoms with Gasteiger partial charge in [-0.3, -0.25) is 0 Å². The van der Waals surface area contributed by atoms with E-state index in [1.807, 2.05) is 0 Å². The van der Waals surface area contributed by atoms with E-state index in [0.29, 0.717) is 0 Å². The van der Waals surface area contributed by atoms with Crippen LogP contribution in [0.3, 0.4) is 0 Å². The molecule has 94 valence electrons. The van der Waals surface area contributed by atoms with Gasteiger partial charge in [-0.1, -0.05) is 0 Å². The SMILES string of the molecule is CN(C)Cc1c(O)c(Br)c(C(=O)O)c(Br)c1O. The zero-order valence-corrected chi connectivity index (χ0v) is 12.3. The van der Waals surface area contributed by atoms with Crippen molar-refractivity contribution < 1.29 is 20.1 Å². The molecule has 5 nitrogen and oxygen atoms in total. The number of aromatic carboxylic acids is 1. The van der Waals surface area contributed by atoms with Crippen LogP contribution in [0, 0.1) is 0 Å². The number of rotatable bonds is 3. The van der Waals surface area contributed by atoms with E-state index in [4.69, 9.17) is 5.11 Å². The van der Waals surface area contributed by atoms with Crippen molar-refractivity contribution in [3.05, 3.63) is 20.1 Å². The van der Waals surface area contributed by atoms with Crippen molar-refractivity contribution >= 4 is 37.8 Å². The molecule has 7 heteroatoms. The molecule has 1 rings (SSSR count). The van der Waals surface area contributed by atoms with Gasteiger partial charge >= 0.3 is 5.97 Å². The highest BCUT2D eigenvalue weighted by molar-refractivity contribution is 9.11. The number of carbonyl (C=O) groups is 1. The molecule has 0 heterocycles. The number of benzene rings is 1. The van der Waals surface area contributed by atoms with Gasteiger partial charge in [0.15, 0.2) is 0 Å². The first-order valence-corrected chi connectivity index (χ1v) is 6.15. The Hall–Kier alpha value is -0.790. The summed E-state index contributed by atoms with van der Waals surface area (Å²) in [7, 11) is 3.54. The second-order valence-electron chi connectivity index (χ2n) is 3.72. The molecule has 17 heavy (non-hydrogen) atoms. The number of carboxylic acid groups (broad SMARTS) is 1. The van der Waals surface area contributed by atoms with Gasteiger partial charge in [0, 0.05) is 6.54 Å². The van der Waals surface area contributed by atoms with Gasteiger partial charge in [-0.25, -0.2) is 4.79 Å². The summed E-state index contributed by atoms with van der Waals surface area (Å²) in [6.45, 7) is 0.286. The van der Waals surface area contributed by atoms with E-state index >= 15 is 0 Å². The van der Waals surface area contributed by atoms with E-state index in [1.54, 1.807) is 19.0 Å². The molecule has 0 aromatic heterocycles. The minimum Gasteiger partial charge on any atom is -0.506 e. The van der Waals surface area contributed by atoms with Crippen molar-refractivity contribution in [2.24, 2.45) is 0 Å². The van der Waals surface area contributed by atoms with Crippen LogP contribution in [0.5, 0.6) is 11.5 Å². The van der Waals surface area contributed by atoms with Crippen LogP contribution in [0.15, 0.2) is 8.95 Å². The van der Waals surface area contributed by atoms with Gasteiger partial charge in [0.2, 0.25) is 0 Å². The second kappa shape index (κ2) is 5.24. The van der Waals surface area contributed by atoms with Crippen LogP contribution >= 0.6 is 31.9 Å². The molecule has 0 aliphatic rings. The molecule has 0 saturated carbocycles. The van der Waals surface area contributed by atoms with E-state index in [-0.39, 0.29) is 38.1 Å². The predicted molar refractivity (Wildman–Crippen MR) is 69.5 cm³/mol. The molecular formula is C10H11Br2NO4. The molecule has 0 aliphatic carbocycles. The van der Waals surface area contributed by atoms with Crippen LogP contribution in [0.1, 0.15) is 15.9 Å². The van der Waals surface area contributed by atoms with Gasteiger partial charge in [-0.2, -0.15) is 0 Å². The van der Waals surface area contributed by atoms with Gasteiger partial charge in [-0.05, 0) is 46.0 Å². The molecule has 0 spiro atoms. The lowest BCUT2D eigenvalue weighted by Crippen LogP contribution is -2.12. The Labute approximate surface area is 115 Å². The van der Waals surface area contributed by atoms with E-state index in [0.717, 1.165) is 0 Å². The van der Waals surface area contributed by atoms with Crippen molar-refractivity contribution in [3.63, 3.8) is 0 Å². The van der Waals surface area contributed by atoms with Crippen molar-refractivity contribution in [2.75, 3.05) is 14.1 Å². The van der Waals surface area contributed by atoms with Crippen LogP contribution in [-0.2, 0) is 6.54 Å². The Balaban J connectivity index is 3.52. The first-order valence-electron chi connectivity index (χ1n) is 4.57. The van der Waals surface area contributed by atoms with Crippen molar-refractivity contribution in [3.8, 4) is 11.5 Å². The number of halogens is 2. The zero-order chi connectivity index (χ0) is 13.3. The Kier molecular flexibility index (Phi) is 4.40. The van der Waals surface area contributed by atoms with Gasteiger partial charge in [0.25, 0.3) is 0 Å². The van der Waals surface area contributed by atoms with Gasteiger partial charge in [0.1, 0.15) is 11.5 Å². The van der Waals surface area contributed by atoms with E-state index in [1.165, 1.54) is 0 Å². The Bertz CT molecular complexity index is 445. The predicted octanol–water partition coefficient (Wildman–Crippen LogP) is 2.38. The number of phenolic OH excluding ortho intramolecular Hbond substituents is 2. The normalized spacial score (nSPS) is 10.9. The molecule has 0 bridgehead atoms. The third-order valence-corrected chi connectivity index (χ3v) is 3.66. The minimum absolute atomic E-state index is 0.0477. The van der Waals surface area contributed by atoms with Crippen LogP contribution < -0.4 is 0 Å². The summed E-state index contributed by atoms with van der Waals surface area (Å²) >= 11 is 6.03. The highest BCUT2D eigenvalue weighted by atomic mass is 79.9. The molecule has 1 aromatic rings. The summed E-state index contributed by atoms with van der Waals surface area (Å²) in [5.74, 6) is -1.78. The van der Waals surface area contributed by atoms with Gasteiger partial charge in [-0.15, -0.1) is 0 Å². The number of phenols is 2. The molecule has 3 N–H and O–H groups in total. The molecule has 0 atom stereocenters. The lowest BCUT2D eigenvalue weighted by atomic mass is 10.1. The molecule has 0 unspecified atom stereocenters. The Morgan fingerprint density at radius 1 is 1.18 bits per heavy atom. The monoisotopic (exact) mass is 367 g/mol. The average Bonchev–Trinajstić information content (AvgIpc) is 2.21. The Morgan fingerprint density at radius 2 is 1.59 bits per heavy atom. The third kappa shape index (κ3) is 2.72. The molecule has 1 aromatic carbocycles. The van der Waals surface area contributed by atoms with Gasteiger partial charge in [0.05, 0.1) is 20.1 Å². The highest BCUT2D eigenvalue weighted by Crippen LogP contribution is 2.44. The maximum Gasteiger partial charge on any atom is 0.338 e. The summed E-state index contributed by atoms with van der Waals surface area (Å²) in [6, 6.07) is 0. The minimum atomic E-state index is -1.24. The topological polar surface area (TPSA) is 81.0 Å². The largest absolute Gasteiger partial charge is 0.506 e. The van der Waals surface area contributed by atoms with Gasteiger partial charge < -0.3 is 20.2 Å². The van der Waals surface area contributed by atoms with E-state index in [2.05, 4.69) is 31.9 Å². The number of hydrogen-bond acceptors (Lipinski definition) is 4. The molecule has 0 radical (unpaired) electrons. The standard InChI is InChI=1S/C10H11Br2NO4/c1-13(2)3-4-8(14)6(11)5(10(16)17)7(12)9(4)15/h14-15H,3H2,1-2H3,(H,16,17). The highest BCUT2D eigenvalue weighted by Gasteiger charge is 2.25. The second-order valence-corrected chi connectivity index (χ2v) is 5.31. The van der Waals surface area contributed by atoms with Crippen molar-refractivity contribution in [2.45, 2.75) is 6.54 Å². The van der Waals surface area contributed by atoms with Crippen LogP contribution in [-0.4, -0.2) is 40.3 Å². The average molecular weight is 369 g/mol. The molecule has 0 saturated heterocycles. The lowest BCUT2D eigenvalue weighted by Gasteiger charge is -2.16. The Morgan fingerprint density at radius 3 is 1.88 bits per heavy atom.